The number of thioether (sulfide) groups is 2. The molecule has 0 heterocycles. The van der Waals surface area contributed by atoms with E-state index in [1.807, 2.05) is 30.7 Å². The molecule has 82 valence electrons. The standard InChI is InChI=1S/C11H15NOS2/c1-14-10-4-3-8(7-11(10)15-2)9(13)5-6-12/h3-4,7H,5-6,12H2,1-2H3. The first-order valence-corrected chi connectivity index (χ1v) is 7.13. The minimum Gasteiger partial charge on any atom is -0.330 e. The number of Topliss-reactive ketones (excluding diaryl/α,β-unsaturated/α-hetero) is 1. The van der Waals surface area contributed by atoms with Crippen molar-refractivity contribution in [1.82, 2.24) is 0 Å². The SMILES string of the molecule is CSc1ccc(C(=O)CCN)cc1SC. The van der Waals surface area contributed by atoms with Gasteiger partial charge in [0.2, 0.25) is 0 Å². The van der Waals surface area contributed by atoms with Crippen LogP contribution in [-0.2, 0) is 0 Å². The van der Waals surface area contributed by atoms with Gasteiger partial charge in [-0.15, -0.1) is 23.5 Å². The monoisotopic (exact) mass is 241 g/mol. The summed E-state index contributed by atoms with van der Waals surface area (Å²) in [7, 11) is 0. The summed E-state index contributed by atoms with van der Waals surface area (Å²) in [5, 5.41) is 0. The van der Waals surface area contributed by atoms with Crippen LogP contribution in [0, 0.1) is 0 Å². The van der Waals surface area contributed by atoms with E-state index in [0.717, 1.165) is 10.5 Å². The highest BCUT2D eigenvalue weighted by molar-refractivity contribution is 8.01. The summed E-state index contributed by atoms with van der Waals surface area (Å²) in [4.78, 5) is 14.0. The highest BCUT2D eigenvalue weighted by atomic mass is 32.2. The molecule has 2 N–H and O–H groups in total. The quantitative estimate of drug-likeness (QED) is 0.636. The van der Waals surface area contributed by atoms with E-state index < -0.39 is 0 Å². The van der Waals surface area contributed by atoms with Gasteiger partial charge in [-0.3, -0.25) is 4.79 Å². The molecule has 0 fully saturated rings. The third kappa shape index (κ3) is 3.26. The summed E-state index contributed by atoms with van der Waals surface area (Å²) in [6.45, 7) is 0.414. The van der Waals surface area contributed by atoms with E-state index >= 15 is 0 Å². The molecule has 0 aliphatic heterocycles. The molecule has 0 aliphatic rings. The molecule has 1 aromatic rings. The molecule has 1 rings (SSSR count). The molecule has 2 nitrogen and oxygen atoms in total. The molecule has 0 saturated heterocycles. The fourth-order valence-electron chi connectivity index (χ4n) is 1.29. The Hall–Kier alpha value is -0.450. The third-order valence-electron chi connectivity index (χ3n) is 2.08. The van der Waals surface area contributed by atoms with Gasteiger partial charge >= 0.3 is 0 Å². The Morgan fingerprint density at radius 3 is 2.47 bits per heavy atom. The molecule has 15 heavy (non-hydrogen) atoms. The normalized spacial score (nSPS) is 10.3. The minimum absolute atomic E-state index is 0.125. The van der Waals surface area contributed by atoms with Gasteiger partial charge in [-0.2, -0.15) is 0 Å². The van der Waals surface area contributed by atoms with E-state index in [1.54, 1.807) is 23.5 Å². The van der Waals surface area contributed by atoms with Gasteiger partial charge in [0.1, 0.15) is 0 Å². The molecule has 4 heteroatoms. The molecule has 0 unspecified atom stereocenters. The van der Waals surface area contributed by atoms with Crippen LogP contribution in [0.2, 0.25) is 0 Å². The lowest BCUT2D eigenvalue weighted by Crippen LogP contribution is -2.08. The average Bonchev–Trinajstić information content (AvgIpc) is 2.28. The fourth-order valence-corrected chi connectivity index (χ4v) is 2.76. The van der Waals surface area contributed by atoms with E-state index in [0.29, 0.717) is 13.0 Å². The van der Waals surface area contributed by atoms with Crippen molar-refractivity contribution in [3.8, 4) is 0 Å². The van der Waals surface area contributed by atoms with Crippen molar-refractivity contribution in [3.05, 3.63) is 23.8 Å². The summed E-state index contributed by atoms with van der Waals surface area (Å²) < 4.78 is 0. The number of hydrogen-bond acceptors (Lipinski definition) is 4. The Bertz CT molecular complexity index is 352. The van der Waals surface area contributed by atoms with Crippen LogP contribution < -0.4 is 5.73 Å². The van der Waals surface area contributed by atoms with Gasteiger partial charge in [0, 0.05) is 21.8 Å². The highest BCUT2D eigenvalue weighted by Gasteiger charge is 2.08. The maximum Gasteiger partial charge on any atom is 0.164 e. The molecular formula is C11H15NOS2. The smallest absolute Gasteiger partial charge is 0.164 e. The molecule has 0 atom stereocenters. The van der Waals surface area contributed by atoms with Crippen molar-refractivity contribution in [2.75, 3.05) is 19.1 Å². The van der Waals surface area contributed by atoms with E-state index in [-0.39, 0.29) is 5.78 Å². The molecule has 0 bridgehead atoms. The largest absolute Gasteiger partial charge is 0.330 e. The minimum atomic E-state index is 0.125. The first-order valence-electron chi connectivity index (χ1n) is 4.68. The summed E-state index contributed by atoms with van der Waals surface area (Å²) in [5.41, 5.74) is 6.13. The summed E-state index contributed by atoms with van der Waals surface area (Å²) in [6, 6.07) is 5.83. The Balaban J connectivity index is 2.97. The van der Waals surface area contributed by atoms with Crippen molar-refractivity contribution in [3.63, 3.8) is 0 Å². The van der Waals surface area contributed by atoms with Crippen molar-refractivity contribution >= 4 is 29.3 Å². The third-order valence-corrected chi connectivity index (χ3v) is 3.78. The van der Waals surface area contributed by atoms with E-state index in [2.05, 4.69) is 0 Å². The van der Waals surface area contributed by atoms with Gasteiger partial charge in [-0.1, -0.05) is 6.07 Å². The van der Waals surface area contributed by atoms with Crippen molar-refractivity contribution in [1.29, 1.82) is 0 Å². The Labute approximate surface area is 99.0 Å². The Morgan fingerprint density at radius 2 is 1.93 bits per heavy atom. The lowest BCUT2D eigenvalue weighted by atomic mass is 10.1. The zero-order valence-electron chi connectivity index (χ0n) is 8.95. The van der Waals surface area contributed by atoms with Gasteiger partial charge in [0.05, 0.1) is 0 Å². The molecule has 0 radical (unpaired) electrons. The average molecular weight is 241 g/mol. The number of carbonyl (C=O) groups excluding carboxylic acids is 1. The number of rotatable bonds is 5. The van der Waals surface area contributed by atoms with Crippen LogP contribution in [0.25, 0.3) is 0 Å². The second kappa shape index (κ2) is 6.20. The predicted molar refractivity (Wildman–Crippen MR) is 68.0 cm³/mol. The molecule has 0 spiro atoms. The number of carbonyl (C=O) groups is 1. The van der Waals surface area contributed by atoms with E-state index in [1.165, 1.54) is 4.90 Å². The predicted octanol–water partition coefficient (Wildman–Crippen LogP) is 2.66. The molecule has 0 amide bonds. The van der Waals surface area contributed by atoms with Crippen molar-refractivity contribution in [2.24, 2.45) is 5.73 Å². The second-order valence-electron chi connectivity index (χ2n) is 3.03. The number of ketones is 1. The molecule has 0 aromatic heterocycles. The van der Waals surface area contributed by atoms with Crippen molar-refractivity contribution < 1.29 is 4.79 Å². The van der Waals surface area contributed by atoms with E-state index in [9.17, 15) is 4.79 Å². The Morgan fingerprint density at radius 1 is 1.27 bits per heavy atom. The van der Waals surface area contributed by atoms with E-state index in [4.69, 9.17) is 5.73 Å². The van der Waals surface area contributed by atoms with Crippen LogP contribution in [0.15, 0.2) is 28.0 Å². The van der Waals surface area contributed by atoms with Gasteiger partial charge in [0.15, 0.2) is 5.78 Å². The number of nitrogens with two attached hydrogens (primary N) is 1. The van der Waals surface area contributed by atoms with Crippen LogP contribution in [0.3, 0.4) is 0 Å². The van der Waals surface area contributed by atoms with Crippen LogP contribution >= 0.6 is 23.5 Å². The highest BCUT2D eigenvalue weighted by Crippen LogP contribution is 2.29. The summed E-state index contributed by atoms with van der Waals surface area (Å²) in [6.07, 6.45) is 4.48. The lowest BCUT2D eigenvalue weighted by molar-refractivity contribution is 0.0985. The maximum absolute atomic E-state index is 11.6. The summed E-state index contributed by atoms with van der Waals surface area (Å²) in [5.74, 6) is 0.125. The van der Waals surface area contributed by atoms with Gasteiger partial charge in [-0.05, 0) is 31.2 Å². The second-order valence-corrected chi connectivity index (χ2v) is 4.73. The van der Waals surface area contributed by atoms with Gasteiger partial charge in [-0.25, -0.2) is 0 Å². The van der Waals surface area contributed by atoms with Crippen LogP contribution in [0.1, 0.15) is 16.8 Å². The Kier molecular flexibility index (Phi) is 5.22. The maximum atomic E-state index is 11.6. The molecule has 1 aromatic carbocycles. The van der Waals surface area contributed by atoms with Crippen LogP contribution in [0.5, 0.6) is 0 Å². The molecule has 0 saturated carbocycles. The number of benzene rings is 1. The topological polar surface area (TPSA) is 43.1 Å². The first kappa shape index (κ1) is 12.6. The van der Waals surface area contributed by atoms with Crippen molar-refractivity contribution in [2.45, 2.75) is 16.2 Å². The number of hydrogen-bond donors (Lipinski definition) is 1. The lowest BCUT2D eigenvalue weighted by Gasteiger charge is -2.06. The molecule has 0 aliphatic carbocycles. The van der Waals surface area contributed by atoms with Gasteiger partial charge in [0.25, 0.3) is 0 Å². The fraction of sp³-hybridized carbons (Fsp3) is 0.364. The van der Waals surface area contributed by atoms with Crippen LogP contribution in [-0.4, -0.2) is 24.8 Å². The van der Waals surface area contributed by atoms with Gasteiger partial charge < -0.3 is 5.73 Å². The zero-order chi connectivity index (χ0) is 11.3. The first-order chi connectivity index (χ1) is 7.22. The molecular weight excluding hydrogens is 226 g/mol. The summed E-state index contributed by atoms with van der Waals surface area (Å²) >= 11 is 3.36. The van der Waals surface area contributed by atoms with Crippen LogP contribution in [0.4, 0.5) is 0 Å². The zero-order valence-corrected chi connectivity index (χ0v) is 10.6.